The lowest BCUT2D eigenvalue weighted by molar-refractivity contribution is 0.629. The van der Waals surface area contributed by atoms with Crippen molar-refractivity contribution in [1.82, 2.24) is 9.97 Å². The molecule has 0 fully saturated rings. The zero-order valence-corrected chi connectivity index (χ0v) is 14.6. The predicted octanol–water partition coefficient (Wildman–Crippen LogP) is 3.96. The first-order valence-electron chi connectivity index (χ1n) is 6.36. The van der Waals surface area contributed by atoms with Gasteiger partial charge in [-0.05, 0) is 47.6 Å². The molecule has 0 bridgehead atoms. The summed E-state index contributed by atoms with van der Waals surface area (Å²) in [6.07, 6.45) is 4.21. The monoisotopic (exact) mass is 379 g/mol. The average molecular weight is 379 g/mol. The molecule has 0 saturated carbocycles. The number of nitrogens with one attached hydrogen (secondary N) is 1. The number of anilines is 1. The van der Waals surface area contributed by atoms with Crippen LogP contribution in [-0.4, -0.2) is 22.8 Å². The molecule has 0 radical (unpaired) electrons. The van der Waals surface area contributed by atoms with Crippen LogP contribution in [0.5, 0.6) is 0 Å². The molecule has 1 aromatic rings. The molecule has 18 heavy (non-hydrogen) atoms. The van der Waals surface area contributed by atoms with Crippen molar-refractivity contribution in [3.05, 3.63) is 15.1 Å². The predicted molar refractivity (Wildman–Crippen MR) is 89.3 cm³/mol. The van der Waals surface area contributed by atoms with E-state index in [1.807, 2.05) is 0 Å². The largest absolute Gasteiger partial charge is 0.369 e. The van der Waals surface area contributed by atoms with E-state index in [1.165, 1.54) is 9.26 Å². The third kappa shape index (κ3) is 4.91. The molecule has 1 N–H and O–H groups in total. The highest BCUT2D eigenvalue weighted by molar-refractivity contribution is 14.1. The maximum absolute atomic E-state index is 4.69. The number of rotatable bonds is 7. The van der Waals surface area contributed by atoms with Crippen LogP contribution in [0.2, 0.25) is 0 Å². The lowest BCUT2D eigenvalue weighted by atomic mass is 10.1. The van der Waals surface area contributed by atoms with Gasteiger partial charge in [0.2, 0.25) is 0 Å². The topological polar surface area (TPSA) is 37.8 Å². The van der Waals surface area contributed by atoms with Crippen LogP contribution < -0.4 is 5.32 Å². The van der Waals surface area contributed by atoms with E-state index in [2.05, 4.69) is 59.9 Å². The number of hydrogen-bond acceptors (Lipinski definition) is 4. The van der Waals surface area contributed by atoms with E-state index < -0.39 is 0 Å². The lowest BCUT2D eigenvalue weighted by Gasteiger charge is -2.13. The van der Waals surface area contributed by atoms with Crippen LogP contribution in [0.3, 0.4) is 0 Å². The molecule has 3 nitrogen and oxygen atoms in total. The van der Waals surface area contributed by atoms with Crippen LogP contribution >= 0.6 is 34.4 Å². The molecule has 0 aliphatic carbocycles. The molecule has 1 aromatic heterocycles. The van der Waals surface area contributed by atoms with Crippen LogP contribution in [0.1, 0.15) is 38.7 Å². The summed E-state index contributed by atoms with van der Waals surface area (Å²) in [6, 6.07) is 0. The second-order valence-electron chi connectivity index (χ2n) is 4.71. The highest BCUT2D eigenvalue weighted by Gasteiger charge is 2.12. The molecule has 1 heterocycles. The zero-order valence-electron chi connectivity index (χ0n) is 11.6. The minimum absolute atomic E-state index is 0.620. The summed E-state index contributed by atoms with van der Waals surface area (Å²) in [5.74, 6) is 3.45. The summed E-state index contributed by atoms with van der Waals surface area (Å²) in [4.78, 5) is 9.31. The molecule has 0 aromatic carbocycles. The lowest BCUT2D eigenvalue weighted by Crippen LogP contribution is -2.11. The van der Waals surface area contributed by atoms with Gasteiger partial charge in [-0.25, -0.2) is 9.97 Å². The number of thioether (sulfide) groups is 1. The summed E-state index contributed by atoms with van der Waals surface area (Å²) in [5.41, 5.74) is 1.18. The van der Waals surface area contributed by atoms with Crippen molar-refractivity contribution in [3.63, 3.8) is 0 Å². The van der Waals surface area contributed by atoms with Gasteiger partial charge in [-0.1, -0.05) is 20.8 Å². The van der Waals surface area contributed by atoms with E-state index in [0.29, 0.717) is 5.92 Å². The van der Waals surface area contributed by atoms with E-state index in [9.17, 15) is 0 Å². The van der Waals surface area contributed by atoms with Crippen LogP contribution in [-0.2, 0) is 12.2 Å². The van der Waals surface area contributed by atoms with E-state index in [4.69, 9.17) is 4.98 Å². The molecule has 1 rings (SSSR count). The van der Waals surface area contributed by atoms with Gasteiger partial charge in [0.05, 0.1) is 15.0 Å². The number of halogens is 1. The summed E-state index contributed by atoms with van der Waals surface area (Å²) in [7, 11) is 0. The Kier molecular flexibility index (Phi) is 7.29. The van der Waals surface area contributed by atoms with Crippen molar-refractivity contribution < 1.29 is 0 Å². The van der Waals surface area contributed by atoms with Crippen molar-refractivity contribution >= 4 is 40.2 Å². The van der Waals surface area contributed by atoms with Crippen LogP contribution in [0, 0.1) is 9.49 Å². The SMILES string of the molecule is CCCNc1nc(CSC)nc(CC(C)C)c1I. The number of nitrogens with zero attached hydrogens (tertiary/aromatic N) is 2. The normalized spacial score (nSPS) is 11.0. The summed E-state index contributed by atoms with van der Waals surface area (Å²) < 4.78 is 1.18. The van der Waals surface area contributed by atoms with E-state index in [0.717, 1.165) is 36.8 Å². The molecule has 102 valence electrons. The molecule has 0 atom stereocenters. The van der Waals surface area contributed by atoms with Crippen LogP contribution in [0.25, 0.3) is 0 Å². The molecule has 0 aliphatic heterocycles. The Morgan fingerprint density at radius 3 is 2.61 bits per heavy atom. The van der Waals surface area contributed by atoms with Gasteiger partial charge >= 0.3 is 0 Å². The van der Waals surface area contributed by atoms with Crippen molar-refractivity contribution in [1.29, 1.82) is 0 Å². The molecule has 0 saturated heterocycles. The van der Waals surface area contributed by atoms with Crippen molar-refractivity contribution in [2.45, 2.75) is 39.4 Å². The van der Waals surface area contributed by atoms with Crippen molar-refractivity contribution in [2.24, 2.45) is 5.92 Å². The Hall–Kier alpha value is -0.0400. The maximum Gasteiger partial charge on any atom is 0.143 e. The Labute approximate surface area is 128 Å². The third-order valence-electron chi connectivity index (χ3n) is 2.38. The Bertz CT molecular complexity index is 383. The van der Waals surface area contributed by atoms with Crippen LogP contribution in [0.4, 0.5) is 5.82 Å². The van der Waals surface area contributed by atoms with Gasteiger partial charge in [0, 0.05) is 6.54 Å². The van der Waals surface area contributed by atoms with Crippen LogP contribution in [0.15, 0.2) is 0 Å². The maximum atomic E-state index is 4.69. The van der Waals surface area contributed by atoms with Gasteiger partial charge in [-0.2, -0.15) is 11.8 Å². The second kappa shape index (κ2) is 8.19. The fraction of sp³-hybridized carbons (Fsp3) is 0.692. The highest BCUT2D eigenvalue weighted by atomic mass is 127. The zero-order chi connectivity index (χ0) is 13.5. The smallest absolute Gasteiger partial charge is 0.143 e. The summed E-state index contributed by atoms with van der Waals surface area (Å²) in [5, 5.41) is 3.41. The molecular formula is C13H22IN3S. The first kappa shape index (κ1) is 16.0. The fourth-order valence-electron chi connectivity index (χ4n) is 1.62. The number of aromatic nitrogens is 2. The van der Waals surface area contributed by atoms with Gasteiger partial charge in [-0.15, -0.1) is 0 Å². The average Bonchev–Trinajstić information content (AvgIpc) is 2.31. The van der Waals surface area contributed by atoms with Crippen molar-refractivity contribution in [3.8, 4) is 0 Å². The molecule has 0 amide bonds. The molecule has 5 heteroatoms. The number of hydrogen-bond donors (Lipinski definition) is 1. The Morgan fingerprint density at radius 2 is 2.06 bits per heavy atom. The van der Waals surface area contributed by atoms with Gasteiger partial charge in [-0.3, -0.25) is 0 Å². The van der Waals surface area contributed by atoms with E-state index in [-0.39, 0.29) is 0 Å². The third-order valence-corrected chi connectivity index (χ3v) is 4.06. The Morgan fingerprint density at radius 1 is 1.33 bits per heavy atom. The minimum atomic E-state index is 0.620. The highest BCUT2D eigenvalue weighted by Crippen LogP contribution is 2.22. The summed E-state index contributed by atoms with van der Waals surface area (Å²) in [6.45, 7) is 7.59. The van der Waals surface area contributed by atoms with Crippen molar-refractivity contribution in [2.75, 3.05) is 18.1 Å². The van der Waals surface area contributed by atoms with Gasteiger partial charge in [0.15, 0.2) is 0 Å². The van der Waals surface area contributed by atoms with E-state index >= 15 is 0 Å². The summed E-state index contributed by atoms with van der Waals surface area (Å²) >= 11 is 4.13. The quantitative estimate of drug-likeness (QED) is 0.728. The standard InChI is InChI=1S/C13H22IN3S/c1-5-6-15-13-12(14)10(7-9(2)3)16-11(17-13)8-18-4/h9H,5-8H2,1-4H3,(H,15,16,17). The fourth-order valence-corrected chi connectivity index (χ4v) is 2.66. The molecule has 0 unspecified atom stereocenters. The van der Waals surface area contributed by atoms with Gasteiger partial charge in [0.25, 0.3) is 0 Å². The first-order valence-corrected chi connectivity index (χ1v) is 8.83. The molecule has 0 aliphatic rings. The minimum Gasteiger partial charge on any atom is -0.369 e. The Balaban J connectivity index is 3.02. The van der Waals surface area contributed by atoms with Gasteiger partial charge < -0.3 is 5.32 Å². The van der Waals surface area contributed by atoms with E-state index in [1.54, 1.807) is 11.8 Å². The molecular weight excluding hydrogens is 357 g/mol. The first-order chi connectivity index (χ1) is 8.58. The molecule has 0 spiro atoms. The van der Waals surface area contributed by atoms with Gasteiger partial charge in [0.1, 0.15) is 11.6 Å². The second-order valence-corrected chi connectivity index (χ2v) is 6.65.